The van der Waals surface area contributed by atoms with Gasteiger partial charge in [-0.15, -0.1) is 0 Å². The highest BCUT2D eigenvalue weighted by atomic mass is 19.2. The van der Waals surface area contributed by atoms with Gasteiger partial charge >= 0.3 is 0 Å². The van der Waals surface area contributed by atoms with E-state index in [9.17, 15) is 8.78 Å². The van der Waals surface area contributed by atoms with Gasteiger partial charge in [0.05, 0.1) is 7.11 Å². The van der Waals surface area contributed by atoms with Crippen LogP contribution in [0.2, 0.25) is 0 Å². The molecule has 3 aliphatic rings. The average Bonchev–Trinajstić information content (AvgIpc) is 3.54. The summed E-state index contributed by atoms with van der Waals surface area (Å²) in [7, 11) is 1.36. The minimum atomic E-state index is -0.873. The van der Waals surface area contributed by atoms with E-state index in [4.69, 9.17) is 4.74 Å². The van der Waals surface area contributed by atoms with Gasteiger partial charge in [-0.05, 0) is 73.5 Å². The van der Waals surface area contributed by atoms with Gasteiger partial charge in [0.15, 0.2) is 11.6 Å². The molecule has 1 atom stereocenters. The highest BCUT2D eigenvalue weighted by molar-refractivity contribution is 5.67. The average molecular weight is 375 g/mol. The Kier molecular flexibility index (Phi) is 5.85. The molecule has 1 aromatic carbocycles. The molecule has 0 radical (unpaired) electrons. The molecule has 0 heterocycles. The predicted octanol–water partition coefficient (Wildman–Crippen LogP) is 7.15. The molecule has 0 aliphatic heterocycles. The number of methoxy groups -OCH3 is 1. The third-order valence-electron chi connectivity index (χ3n) is 7.30. The van der Waals surface area contributed by atoms with Crippen LogP contribution in [-0.4, -0.2) is 7.11 Å². The maximum Gasteiger partial charge on any atom is 0.201 e. The zero-order valence-corrected chi connectivity index (χ0v) is 16.5. The van der Waals surface area contributed by atoms with Crippen LogP contribution < -0.4 is 4.74 Å². The molecule has 0 aromatic heterocycles. The van der Waals surface area contributed by atoms with Crippen LogP contribution >= 0.6 is 0 Å². The summed E-state index contributed by atoms with van der Waals surface area (Å²) in [5, 5.41) is 0. The van der Waals surface area contributed by atoms with Crippen LogP contribution in [0, 0.1) is 35.3 Å². The molecule has 0 saturated heterocycles. The van der Waals surface area contributed by atoms with Crippen molar-refractivity contribution in [3.63, 3.8) is 0 Å². The molecular weight excluding hydrogens is 342 g/mol. The topological polar surface area (TPSA) is 9.23 Å². The fourth-order valence-corrected chi connectivity index (χ4v) is 5.29. The van der Waals surface area contributed by atoms with Gasteiger partial charge in [-0.1, -0.05) is 44.6 Å². The maximum atomic E-state index is 14.4. The normalized spacial score (nSPS) is 28.7. The number of halogens is 2. The first-order valence-electron chi connectivity index (χ1n) is 10.9. The van der Waals surface area contributed by atoms with Crippen LogP contribution in [0.25, 0.3) is 5.57 Å². The standard InChI is InChI=1S/C24H32F2O/c1-27-22-15-14-21(23(25)24(22)26)20-12-10-19(11-13-20)18-8-6-17(7-9-18)5-4-16-2-3-16/h12,14-19H,2-11,13H2,1H3. The van der Waals surface area contributed by atoms with Crippen molar-refractivity contribution in [3.05, 3.63) is 35.4 Å². The summed E-state index contributed by atoms with van der Waals surface area (Å²) in [4.78, 5) is 0. The highest BCUT2D eigenvalue weighted by Crippen LogP contribution is 2.44. The van der Waals surface area contributed by atoms with Crippen LogP contribution in [-0.2, 0) is 0 Å². The van der Waals surface area contributed by atoms with E-state index in [2.05, 4.69) is 6.08 Å². The Morgan fingerprint density at radius 3 is 2.07 bits per heavy atom. The van der Waals surface area contributed by atoms with Crippen molar-refractivity contribution in [2.75, 3.05) is 7.11 Å². The van der Waals surface area contributed by atoms with Crippen molar-refractivity contribution < 1.29 is 13.5 Å². The number of hydrogen-bond donors (Lipinski definition) is 0. The van der Waals surface area contributed by atoms with Crippen molar-refractivity contribution in [3.8, 4) is 5.75 Å². The summed E-state index contributed by atoms with van der Waals surface area (Å²) in [5.74, 6) is 1.92. The minimum absolute atomic E-state index is 0.0241. The summed E-state index contributed by atoms with van der Waals surface area (Å²) >= 11 is 0. The summed E-state index contributed by atoms with van der Waals surface area (Å²) in [5.41, 5.74) is 1.37. The second-order valence-electron chi connectivity index (χ2n) is 9.01. The van der Waals surface area contributed by atoms with Crippen LogP contribution in [0.4, 0.5) is 8.78 Å². The van der Waals surface area contributed by atoms with Gasteiger partial charge in [-0.2, -0.15) is 4.39 Å². The number of rotatable bonds is 6. The molecule has 3 heteroatoms. The quantitative estimate of drug-likeness (QED) is 0.513. The van der Waals surface area contributed by atoms with E-state index in [-0.39, 0.29) is 5.75 Å². The lowest BCUT2D eigenvalue weighted by molar-refractivity contribution is 0.187. The van der Waals surface area contributed by atoms with Crippen LogP contribution in [0.3, 0.4) is 0 Å². The van der Waals surface area contributed by atoms with Crippen LogP contribution in [0.1, 0.15) is 76.2 Å². The van der Waals surface area contributed by atoms with Gasteiger partial charge in [0.25, 0.3) is 0 Å². The summed E-state index contributed by atoms with van der Waals surface area (Å²) in [6.07, 6.45) is 16.6. The van der Waals surface area contributed by atoms with E-state index in [1.54, 1.807) is 6.07 Å². The fraction of sp³-hybridized carbons (Fsp3) is 0.667. The molecule has 0 N–H and O–H groups in total. The molecule has 1 nitrogen and oxygen atoms in total. The van der Waals surface area contributed by atoms with Gasteiger partial charge in [0.2, 0.25) is 5.82 Å². The lowest BCUT2D eigenvalue weighted by atomic mass is 9.70. The number of benzene rings is 1. The predicted molar refractivity (Wildman–Crippen MR) is 106 cm³/mol. The van der Waals surface area contributed by atoms with E-state index in [0.717, 1.165) is 48.5 Å². The van der Waals surface area contributed by atoms with Crippen molar-refractivity contribution >= 4 is 5.57 Å². The molecule has 27 heavy (non-hydrogen) atoms. The van der Waals surface area contributed by atoms with Crippen LogP contribution in [0.15, 0.2) is 18.2 Å². The smallest absolute Gasteiger partial charge is 0.201 e. The third kappa shape index (κ3) is 4.38. The van der Waals surface area contributed by atoms with Gasteiger partial charge < -0.3 is 4.74 Å². The highest BCUT2D eigenvalue weighted by Gasteiger charge is 2.30. The Labute approximate surface area is 162 Å². The van der Waals surface area contributed by atoms with E-state index >= 15 is 0 Å². The number of hydrogen-bond acceptors (Lipinski definition) is 1. The first-order valence-corrected chi connectivity index (χ1v) is 10.9. The molecule has 0 bridgehead atoms. The summed E-state index contributed by atoms with van der Waals surface area (Å²) < 4.78 is 33.2. The van der Waals surface area contributed by atoms with Crippen molar-refractivity contribution in [2.24, 2.45) is 23.7 Å². The molecule has 0 spiro atoms. The largest absolute Gasteiger partial charge is 0.494 e. The van der Waals surface area contributed by atoms with E-state index < -0.39 is 11.6 Å². The van der Waals surface area contributed by atoms with Gasteiger partial charge in [0, 0.05) is 5.56 Å². The van der Waals surface area contributed by atoms with Crippen molar-refractivity contribution in [1.82, 2.24) is 0 Å². The van der Waals surface area contributed by atoms with E-state index in [1.165, 1.54) is 64.5 Å². The van der Waals surface area contributed by atoms with Gasteiger partial charge in [-0.25, -0.2) is 4.39 Å². The SMILES string of the molecule is COc1ccc(C2=CCC(C3CCC(CCC4CC4)CC3)CC2)c(F)c1F. The zero-order chi connectivity index (χ0) is 18.8. The molecule has 148 valence electrons. The first-order chi connectivity index (χ1) is 13.2. The Bertz CT molecular complexity index is 684. The van der Waals surface area contributed by atoms with Gasteiger partial charge in [0.1, 0.15) is 0 Å². The zero-order valence-electron chi connectivity index (χ0n) is 16.5. The lowest BCUT2D eigenvalue weighted by Gasteiger charge is -2.35. The Morgan fingerprint density at radius 2 is 1.52 bits per heavy atom. The molecule has 1 aromatic rings. The molecule has 4 rings (SSSR count). The number of ether oxygens (including phenoxy) is 1. The minimum Gasteiger partial charge on any atom is -0.494 e. The Hall–Kier alpha value is -1.38. The molecular formula is C24H32F2O. The maximum absolute atomic E-state index is 14.4. The Balaban J connectivity index is 1.32. The first kappa shape index (κ1) is 19.0. The summed E-state index contributed by atoms with van der Waals surface area (Å²) in [6, 6.07) is 3.19. The lowest BCUT2D eigenvalue weighted by Crippen LogP contribution is -2.23. The van der Waals surface area contributed by atoms with Gasteiger partial charge in [-0.3, -0.25) is 0 Å². The second-order valence-corrected chi connectivity index (χ2v) is 9.01. The fourth-order valence-electron chi connectivity index (χ4n) is 5.29. The summed E-state index contributed by atoms with van der Waals surface area (Å²) in [6.45, 7) is 0. The molecule has 2 fully saturated rings. The molecule has 2 saturated carbocycles. The Morgan fingerprint density at radius 1 is 0.852 bits per heavy atom. The monoisotopic (exact) mass is 374 g/mol. The van der Waals surface area contributed by atoms with E-state index in [0.29, 0.717) is 5.56 Å². The van der Waals surface area contributed by atoms with Crippen molar-refractivity contribution in [2.45, 2.75) is 70.6 Å². The van der Waals surface area contributed by atoms with Crippen molar-refractivity contribution in [1.29, 1.82) is 0 Å². The van der Waals surface area contributed by atoms with Crippen LogP contribution in [0.5, 0.6) is 5.75 Å². The molecule has 0 amide bonds. The molecule has 3 aliphatic carbocycles. The second kappa shape index (κ2) is 8.32. The third-order valence-corrected chi connectivity index (χ3v) is 7.30. The molecule has 1 unspecified atom stereocenters. The number of allylic oxidation sites excluding steroid dienone is 2. The van der Waals surface area contributed by atoms with E-state index in [1.807, 2.05) is 0 Å².